The molecule has 2 aromatic rings. The number of nitrogens with one attached hydrogen (secondary N) is 1. The normalized spacial score (nSPS) is 14.9. The van der Waals surface area contributed by atoms with Crippen LogP contribution < -0.4 is 15.1 Å². The molecule has 2 rings (SSSR count). The van der Waals surface area contributed by atoms with E-state index >= 15 is 0 Å². The summed E-state index contributed by atoms with van der Waals surface area (Å²) in [7, 11) is -3.45. The van der Waals surface area contributed by atoms with Crippen LogP contribution in [0.2, 0.25) is 6.55 Å². The first-order valence-electron chi connectivity index (χ1n) is 8.70. The molecule has 0 saturated heterocycles. The Bertz CT molecular complexity index is 646. The van der Waals surface area contributed by atoms with Crippen molar-refractivity contribution in [3.8, 4) is 0 Å². The van der Waals surface area contributed by atoms with E-state index in [2.05, 4.69) is 59.8 Å². The lowest BCUT2D eigenvalue weighted by atomic mass is 10.3. The van der Waals surface area contributed by atoms with Crippen LogP contribution in [0.3, 0.4) is 0 Å². The first-order chi connectivity index (χ1) is 11.8. The Kier molecular flexibility index (Phi) is 6.74. The highest BCUT2D eigenvalue weighted by Crippen LogP contribution is 2.17. The summed E-state index contributed by atoms with van der Waals surface area (Å²) in [5.41, 5.74) is -0.0256. The van der Waals surface area contributed by atoms with Crippen LogP contribution in [0.15, 0.2) is 60.7 Å². The summed E-state index contributed by atoms with van der Waals surface area (Å²) in [6, 6.07) is 20.9. The van der Waals surface area contributed by atoms with E-state index in [1.165, 1.54) is 10.4 Å². The summed E-state index contributed by atoms with van der Waals surface area (Å²) < 4.78 is 15.8. The molecule has 2 N–H and O–H groups in total. The van der Waals surface area contributed by atoms with Crippen molar-refractivity contribution in [1.82, 2.24) is 4.72 Å². The highest BCUT2D eigenvalue weighted by atomic mass is 32.2. The molecule has 0 fully saturated rings. The van der Waals surface area contributed by atoms with Crippen molar-refractivity contribution in [2.45, 2.75) is 44.2 Å². The maximum absolute atomic E-state index is 12.8. The predicted octanol–water partition coefficient (Wildman–Crippen LogP) is 2.22. The van der Waals surface area contributed by atoms with E-state index in [1.807, 2.05) is 32.9 Å². The lowest BCUT2D eigenvalue weighted by molar-refractivity contribution is 0.283. The molecule has 3 nitrogen and oxygen atoms in total. The van der Waals surface area contributed by atoms with Crippen molar-refractivity contribution < 1.29 is 9.32 Å². The van der Waals surface area contributed by atoms with E-state index in [0.29, 0.717) is 6.42 Å². The fourth-order valence-corrected chi connectivity index (χ4v) is 8.65. The van der Waals surface area contributed by atoms with Crippen molar-refractivity contribution in [3.05, 3.63) is 60.7 Å². The molecule has 5 heteroatoms. The summed E-state index contributed by atoms with van der Waals surface area (Å²) in [5.74, 6) is 0. The minimum atomic E-state index is -2.26. The second kappa shape index (κ2) is 8.41. The summed E-state index contributed by atoms with van der Waals surface area (Å²) in [5, 5.41) is 12.2. The average molecular weight is 376 g/mol. The van der Waals surface area contributed by atoms with Crippen LogP contribution in [0.1, 0.15) is 27.2 Å². The van der Waals surface area contributed by atoms with Gasteiger partial charge in [0.2, 0.25) is 0 Å². The maximum atomic E-state index is 12.8. The van der Waals surface area contributed by atoms with E-state index in [1.54, 1.807) is 0 Å². The topological polar surface area (TPSA) is 49.3 Å². The zero-order chi connectivity index (χ0) is 18.5. The Morgan fingerprint density at radius 1 is 1.00 bits per heavy atom. The van der Waals surface area contributed by atoms with Crippen LogP contribution >= 0.6 is 0 Å². The molecule has 0 unspecified atom stereocenters. The highest BCUT2D eigenvalue weighted by molar-refractivity contribution is 7.84. The minimum absolute atomic E-state index is 0.0256. The Labute approximate surface area is 155 Å². The van der Waals surface area contributed by atoms with Crippen LogP contribution in [-0.4, -0.2) is 34.4 Å². The second-order valence-corrected chi connectivity index (χ2v) is 13.8. The first-order valence-corrected chi connectivity index (χ1v) is 12.4. The molecule has 2 atom stereocenters. The molecule has 0 radical (unpaired) electrons. The van der Waals surface area contributed by atoms with E-state index in [4.69, 9.17) is 0 Å². The van der Waals surface area contributed by atoms with Crippen molar-refractivity contribution >= 4 is 29.4 Å². The molecule has 0 bridgehead atoms. The molecule has 25 heavy (non-hydrogen) atoms. The van der Waals surface area contributed by atoms with Gasteiger partial charge >= 0.3 is 0 Å². The average Bonchev–Trinajstić information content (AvgIpc) is 2.61. The molecule has 0 aliphatic carbocycles. The van der Waals surface area contributed by atoms with Gasteiger partial charge in [-0.05, 0) is 27.2 Å². The van der Waals surface area contributed by atoms with Crippen LogP contribution in [0, 0.1) is 0 Å². The number of hydrogen-bond acceptors (Lipinski definition) is 2. The van der Waals surface area contributed by atoms with Crippen LogP contribution in [-0.2, 0) is 11.0 Å². The summed E-state index contributed by atoms with van der Waals surface area (Å²) in [4.78, 5) is 0. The Hall–Kier alpha value is -1.27. The maximum Gasteiger partial charge on any atom is 0.132 e. The van der Waals surface area contributed by atoms with Crippen molar-refractivity contribution in [1.29, 1.82) is 0 Å². The van der Waals surface area contributed by atoms with Gasteiger partial charge in [-0.25, -0.2) is 8.93 Å². The van der Waals surface area contributed by atoms with Gasteiger partial charge < -0.3 is 5.11 Å². The van der Waals surface area contributed by atoms with Crippen molar-refractivity contribution in [2.75, 3.05) is 6.61 Å². The van der Waals surface area contributed by atoms with Gasteiger partial charge in [0.1, 0.15) is 8.07 Å². The molecule has 0 aliphatic rings. The number of aliphatic hydroxyl groups is 1. The molecule has 0 heterocycles. The molecule has 0 aliphatic heterocycles. The SMILES string of the molecule is CC(C)(C)[S@@](=O)N[C@@H](CCO)[Si](C)(c1ccccc1)c1ccccc1. The van der Waals surface area contributed by atoms with Gasteiger partial charge in [0.05, 0.1) is 15.7 Å². The molecular weight excluding hydrogens is 346 g/mol. The molecule has 0 spiro atoms. The molecule has 0 aromatic heterocycles. The van der Waals surface area contributed by atoms with E-state index in [9.17, 15) is 9.32 Å². The minimum Gasteiger partial charge on any atom is -0.396 e. The fourth-order valence-electron chi connectivity index (χ4n) is 3.04. The Morgan fingerprint density at radius 3 is 1.80 bits per heavy atom. The largest absolute Gasteiger partial charge is 0.396 e. The zero-order valence-electron chi connectivity index (χ0n) is 15.5. The first kappa shape index (κ1) is 20.0. The van der Waals surface area contributed by atoms with Gasteiger partial charge in [0.25, 0.3) is 0 Å². The van der Waals surface area contributed by atoms with Crippen molar-refractivity contribution in [3.63, 3.8) is 0 Å². The number of aliphatic hydroxyl groups excluding tert-OH is 1. The van der Waals surface area contributed by atoms with Gasteiger partial charge in [-0.2, -0.15) is 0 Å². The quantitative estimate of drug-likeness (QED) is 0.729. The van der Waals surface area contributed by atoms with Gasteiger partial charge in [-0.3, -0.25) is 0 Å². The van der Waals surface area contributed by atoms with Gasteiger partial charge in [-0.1, -0.05) is 77.6 Å². The fraction of sp³-hybridized carbons (Fsp3) is 0.400. The highest BCUT2D eigenvalue weighted by Gasteiger charge is 2.41. The number of benzene rings is 2. The van der Waals surface area contributed by atoms with Crippen LogP contribution in [0.5, 0.6) is 0 Å². The number of hydrogen-bond donors (Lipinski definition) is 2. The van der Waals surface area contributed by atoms with Gasteiger partial charge in [0.15, 0.2) is 0 Å². The molecule has 136 valence electrons. The smallest absolute Gasteiger partial charge is 0.132 e. The van der Waals surface area contributed by atoms with Gasteiger partial charge in [-0.15, -0.1) is 0 Å². The molecular formula is C20H29NO2SSi. The molecule has 0 saturated carbocycles. The van der Waals surface area contributed by atoms with E-state index < -0.39 is 19.1 Å². The third-order valence-electron chi connectivity index (χ3n) is 4.67. The van der Waals surface area contributed by atoms with Gasteiger partial charge in [0, 0.05) is 12.3 Å². The van der Waals surface area contributed by atoms with E-state index in [-0.39, 0.29) is 17.0 Å². The van der Waals surface area contributed by atoms with Crippen LogP contribution in [0.4, 0.5) is 0 Å². The third-order valence-corrected chi connectivity index (χ3v) is 11.4. The summed E-state index contributed by atoms with van der Waals surface area (Å²) >= 11 is 0. The third kappa shape index (κ3) is 4.67. The molecule has 0 amide bonds. The lowest BCUT2D eigenvalue weighted by Crippen LogP contribution is -2.69. The Balaban J connectivity index is 2.53. The van der Waals surface area contributed by atoms with Crippen molar-refractivity contribution in [2.24, 2.45) is 0 Å². The lowest BCUT2D eigenvalue weighted by Gasteiger charge is -2.38. The predicted molar refractivity (Wildman–Crippen MR) is 110 cm³/mol. The Morgan fingerprint density at radius 2 is 1.44 bits per heavy atom. The molecule has 2 aromatic carbocycles. The second-order valence-electron chi connectivity index (χ2n) is 7.50. The monoisotopic (exact) mass is 375 g/mol. The summed E-state index contributed by atoms with van der Waals surface area (Å²) in [6.07, 6.45) is 0.578. The zero-order valence-corrected chi connectivity index (χ0v) is 17.3. The van der Waals surface area contributed by atoms with Crippen LogP contribution in [0.25, 0.3) is 0 Å². The standard InChI is InChI=1S/C20H29NO2SSi/c1-20(2,3)24(23)21-19(15-16-22)25(4,17-11-7-5-8-12-17)18-13-9-6-10-14-18/h5-14,19,21-22H,15-16H2,1-4H3/t19-,24-/m1/s1. The summed E-state index contributed by atoms with van der Waals surface area (Å²) in [6.45, 7) is 8.27. The number of rotatable bonds is 7. The van der Waals surface area contributed by atoms with E-state index in [0.717, 1.165) is 0 Å².